The van der Waals surface area contributed by atoms with Crippen molar-refractivity contribution in [3.05, 3.63) is 29.8 Å². The lowest BCUT2D eigenvalue weighted by molar-refractivity contribution is 0.173. The Labute approximate surface area is 122 Å². The number of hydrogen-bond donors (Lipinski definition) is 1. The molecule has 2 atom stereocenters. The number of fused-ring (bicyclic) bond motifs is 1. The van der Waals surface area contributed by atoms with E-state index >= 15 is 0 Å². The first-order valence-corrected chi connectivity index (χ1v) is 7.90. The molecular formula is C17H26N2O. The molecule has 0 saturated carbocycles. The van der Waals surface area contributed by atoms with Gasteiger partial charge in [0, 0.05) is 24.1 Å². The highest BCUT2D eigenvalue weighted by molar-refractivity contribution is 5.37. The van der Waals surface area contributed by atoms with Gasteiger partial charge in [-0.25, -0.2) is 0 Å². The van der Waals surface area contributed by atoms with Crippen molar-refractivity contribution < 1.29 is 4.74 Å². The fraction of sp³-hybridized carbons (Fsp3) is 0.647. The minimum absolute atomic E-state index is 0.453. The smallest absolute Gasteiger partial charge is 0.124 e. The fourth-order valence-corrected chi connectivity index (χ4v) is 3.50. The van der Waals surface area contributed by atoms with E-state index in [-0.39, 0.29) is 0 Å². The lowest BCUT2D eigenvalue weighted by Crippen LogP contribution is -2.42. The normalized spacial score (nSPS) is 25.8. The van der Waals surface area contributed by atoms with E-state index in [9.17, 15) is 0 Å². The number of piperidine rings is 1. The molecule has 2 aliphatic heterocycles. The third-order valence-electron chi connectivity index (χ3n) is 4.89. The molecule has 0 spiro atoms. The van der Waals surface area contributed by atoms with Gasteiger partial charge in [0.2, 0.25) is 0 Å². The van der Waals surface area contributed by atoms with E-state index in [4.69, 9.17) is 4.74 Å². The van der Waals surface area contributed by atoms with E-state index in [2.05, 4.69) is 48.5 Å². The first kappa shape index (κ1) is 13.9. The van der Waals surface area contributed by atoms with Crippen LogP contribution in [0.1, 0.15) is 37.8 Å². The third kappa shape index (κ3) is 2.99. The molecule has 3 heteroatoms. The fourth-order valence-electron chi connectivity index (χ4n) is 3.50. The first-order valence-electron chi connectivity index (χ1n) is 7.90. The standard InChI is InChI=1S/C17H26N2O/c1-13(14-7-10-19(2)11-8-14)18-16-9-12-20-17-6-4-3-5-15(16)17/h3-6,13-14,16,18H,7-12H2,1-2H3. The number of nitrogens with one attached hydrogen (secondary N) is 1. The molecule has 20 heavy (non-hydrogen) atoms. The van der Waals surface area contributed by atoms with Gasteiger partial charge >= 0.3 is 0 Å². The van der Waals surface area contributed by atoms with Crippen molar-refractivity contribution >= 4 is 0 Å². The van der Waals surface area contributed by atoms with Crippen molar-refractivity contribution in [2.24, 2.45) is 5.92 Å². The summed E-state index contributed by atoms with van der Waals surface area (Å²) in [4.78, 5) is 2.44. The molecule has 2 aliphatic rings. The summed E-state index contributed by atoms with van der Waals surface area (Å²) in [5.74, 6) is 1.87. The minimum Gasteiger partial charge on any atom is -0.493 e. The van der Waals surface area contributed by atoms with Crippen molar-refractivity contribution in [3.63, 3.8) is 0 Å². The Kier molecular flexibility index (Phi) is 4.27. The molecule has 0 amide bonds. The van der Waals surface area contributed by atoms with Gasteiger partial charge in [0.25, 0.3) is 0 Å². The molecule has 1 fully saturated rings. The second-order valence-electron chi connectivity index (χ2n) is 6.32. The van der Waals surface area contributed by atoms with Crippen LogP contribution >= 0.6 is 0 Å². The van der Waals surface area contributed by atoms with E-state index in [0.717, 1.165) is 24.7 Å². The lowest BCUT2D eigenvalue weighted by Gasteiger charge is -2.36. The van der Waals surface area contributed by atoms with Crippen LogP contribution in [0.4, 0.5) is 0 Å². The van der Waals surface area contributed by atoms with Crippen LogP contribution in [0, 0.1) is 5.92 Å². The number of hydrogen-bond acceptors (Lipinski definition) is 3. The van der Waals surface area contributed by atoms with Gasteiger partial charge in [0.1, 0.15) is 5.75 Å². The number of para-hydroxylation sites is 1. The number of ether oxygens (including phenoxy) is 1. The van der Waals surface area contributed by atoms with Crippen LogP contribution in [-0.4, -0.2) is 37.7 Å². The molecule has 3 rings (SSSR count). The van der Waals surface area contributed by atoms with Gasteiger partial charge in [0.05, 0.1) is 6.61 Å². The Hall–Kier alpha value is -1.06. The maximum atomic E-state index is 5.75. The summed E-state index contributed by atoms with van der Waals surface area (Å²) in [7, 11) is 2.23. The lowest BCUT2D eigenvalue weighted by atomic mass is 9.89. The number of benzene rings is 1. The average molecular weight is 274 g/mol. The van der Waals surface area contributed by atoms with Gasteiger partial charge in [-0.2, -0.15) is 0 Å². The average Bonchev–Trinajstić information content (AvgIpc) is 2.48. The van der Waals surface area contributed by atoms with Crippen LogP contribution < -0.4 is 10.1 Å². The van der Waals surface area contributed by atoms with Crippen LogP contribution in [0.25, 0.3) is 0 Å². The van der Waals surface area contributed by atoms with Crippen molar-refractivity contribution in [1.29, 1.82) is 0 Å². The van der Waals surface area contributed by atoms with E-state index in [0.29, 0.717) is 12.1 Å². The zero-order valence-electron chi connectivity index (χ0n) is 12.6. The maximum absolute atomic E-state index is 5.75. The molecule has 0 bridgehead atoms. The molecule has 1 saturated heterocycles. The van der Waals surface area contributed by atoms with Crippen LogP contribution in [0.5, 0.6) is 5.75 Å². The van der Waals surface area contributed by atoms with Gasteiger partial charge in [-0.15, -0.1) is 0 Å². The zero-order valence-corrected chi connectivity index (χ0v) is 12.6. The van der Waals surface area contributed by atoms with Crippen molar-refractivity contribution in [2.45, 2.75) is 38.3 Å². The molecule has 3 nitrogen and oxygen atoms in total. The van der Waals surface area contributed by atoms with E-state index < -0.39 is 0 Å². The van der Waals surface area contributed by atoms with Gasteiger partial charge in [-0.1, -0.05) is 18.2 Å². The van der Waals surface area contributed by atoms with E-state index in [1.165, 1.54) is 31.5 Å². The molecule has 1 aromatic rings. The third-order valence-corrected chi connectivity index (χ3v) is 4.89. The van der Waals surface area contributed by atoms with Gasteiger partial charge in [-0.05, 0) is 51.9 Å². The highest BCUT2D eigenvalue weighted by Gasteiger charge is 2.27. The summed E-state index contributed by atoms with van der Waals surface area (Å²) in [6.07, 6.45) is 3.71. The highest BCUT2D eigenvalue weighted by atomic mass is 16.5. The van der Waals surface area contributed by atoms with Crippen molar-refractivity contribution in [3.8, 4) is 5.75 Å². The number of likely N-dealkylation sites (tertiary alicyclic amines) is 1. The first-order chi connectivity index (χ1) is 9.74. The van der Waals surface area contributed by atoms with Gasteiger partial charge in [0.15, 0.2) is 0 Å². The largest absolute Gasteiger partial charge is 0.493 e. The molecule has 2 unspecified atom stereocenters. The molecule has 1 aromatic carbocycles. The summed E-state index contributed by atoms with van der Waals surface area (Å²) < 4.78 is 5.75. The van der Waals surface area contributed by atoms with E-state index in [1.54, 1.807) is 0 Å². The van der Waals surface area contributed by atoms with Gasteiger partial charge in [-0.3, -0.25) is 0 Å². The Morgan fingerprint density at radius 2 is 1.95 bits per heavy atom. The summed E-state index contributed by atoms with van der Waals surface area (Å²) in [5.41, 5.74) is 1.33. The maximum Gasteiger partial charge on any atom is 0.124 e. The SMILES string of the molecule is CC(NC1CCOc2ccccc21)C1CCN(C)CC1. The number of rotatable bonds is 3. The molecule has 0 radical (unpaired) electrons. The second-order valence-corrected chi connectivity index (χ2v) is 6.32. The minimum atomic E-state index is 0.453. The van der Waals surface area contributed by atoms with E-state index in [1.807, 2.05) is 0 Å². The molecule has 2 heterocycles. The Balaban J connectivity index is 1.63. The highest BCUT2D eigenvalue weighted by Crippen LogP contribution is 2.33. The summed E-state index contributed by atoms with van der Waals surface area (Å²) in [6.45, 7) is 5.66. The monoisotopic (exact) mass is 274 g/mol. The summed E-state index contributed by atoms with van der Waals surface area (Å²) in [5, 5.41) is 3.86. The summed E-state index contributed by atoms with van der Waals surface area (Å²) >= 11 is 0. The predicted molar refractivity (Wildman–Crippen MR) is 82.1 cm³/mol. The molecule has 0 aromatic heterocycles. The summed E-state index contributed by atoms with van der Waals surface area (Å²) in [6, 6.07) is 9.50. The molecule has 0 aliphatic carbocycles. The quantitative estimate of drug-likeness (QED) is 0.917. The van der Waals surface area contributed by atoms with Crippen LogP contribution in [0.2, 0.25) is 0 Å². The van der Waals surface area contributed by atoms with Crippen LogP contribution in [0.3, 0.4) is 0 Å². The molecule has 110 valence electrons. The molecular weight excluding hydrogens is 248 g/mol. The molecule has 1 N–H and O–H groups in total. The Morgan fingerprint density at radius 1 is 1.20 bits per heavy atom. The Morgan fingerprint density at radius 3 is 2.75 bits per heavy atom. The van der Waals surface area contributed by atoms with Crippen LogP contribution in [-0.2, 0) is 0 Å². The van der Waals surface area contributed by atoms with Crippen LogP contribution in [0.15, 0.2) is 24.3 Å². The predicted octanol–water partition coefficient (Wildman–Crippen LogP) is 2.83. The Bertz CT molecular complexity index is 440. The van der Waals surface area contributed by atoms with Gasteiger partial charge < -0.3 is 15.0 Å². The van der Waals surface area contributed by atoms with Crippen molar-refractivity contribution in [1.82, 2.24) is 10.2 Å². The number of nitrogens with zero attached hydrogens (tertiary/aromatic N) is 1. The van der Waals surface area contributed by atoms with Crippen molar-refractivity contribution in [2.75, 3.05) is 26.7 Å². The topological polar surface area (TPSA) is 24.5 Å². The second kappa shape index (κ2) is 6.15. The zero-order chi connectivity index (χ0) is 13.9.